The number of thiazole rings is 1. The van der Waals surface area contributed by atoms with Crippen LogP contribution >= 0.6 is 34.7 Å². The third-order valence-electron chi connectivity index (χ3n) is 2.52. The number of benzene rings is 1. The van der Waals surface area contributed by atoms with Gasteiger partial charge in [-0.1, -0.05) is 23.4 Å². The van der Waals surface area contributed by atoms with Crippen LogP contribution in [0.3, 0.4) is 0 Å². The summed E-state index contributed by atoms with van der Waals surface area (Å²) in [5, 5.41) is 6.26. The summed E-state index contributed by atoms with van der Waals surface area (Å²) < 4.78 is 5.53. The van der Waals surface area contributed by atoms with Crippen molar-refractivity contribution in [1.82, 2.24) is 9.97 Å². The normalized spacial score (nSPS) is 11.0. The number of oxazole rings is 1. The second-order valence-corrected chi connectivity index (χ2v) is 6.44. The number of thioether (sulfide) groups is 1. The molecule has 0 bridgehead atoms. The van der Waals surface area contributed by atoms with Crippen LogP contribution in [0.25, 0.3) is 11.1 Å². The fraction of sp³-hybridized carbons (Fsp3) is 0.154. The molecule has 0 spiro atoms. The van der Waals surface area contributed by atoms with Gasteiger partial charge in [0.25, 0.3) is 5.22 Å². The van der Waals surface area contributed by atoms with Crippen molar-refractivity contribution < 1.29 is 9.21 Å². The van der Waals surface area contributed by atoms with Gasteiger partial charge in [0.1, 0.15) is 5.52 Å². The Labute approximate surface area is 133 Å². The minimum absolute atomic E-state index is 0.144. The van der Waals surface area contributed by atoms with E-state index in [1.54, 1.807) is 18.2 Å². The largest absolute Gasteiger partial charge is 0.431 e. The molecule has 1 amide bonds. The number of carbonyl (C=O) groups is 1. The predicted molar refractivity (Wildman–Crippen MR) is 85.2 cm³/mol. The zero-order chi connectivity index (χ0) is 14.8. The average molecular weight is 340 g/mol. The van der Waals surface area contributed by atoms with Crippen molar-refractivity contribution in [3.05, 3.63) is 34.3 Å². The maximum atomic E-state index is 11.8. The fourth-order valence-corrected chi connectivity index (χ4v) is 3.14. The Morgan fingerprint density at radius 2 is 2.33 bits per heavy atom. The second kappa shape index (κ2) is 6.05. The Hall–Kier alpha value is -1.57. The molecular formula is C13H10ClN3O2S2. The molecule has 2 aromatic heterocycles. The number of hydrogen-bond acceptors (Lipinski definition) is 6. The number of nitrogens with one attached hydrogen (secondary N) is 1. The first kappa shape index (κ1) is 14.4. The number of fused-ring (bicyclic) bond motifs is 1. The standard InChI is InChI=1S/C13H10ClN3O2S2/c1-7-5-20-12(15-7)17-11(18)6-21-13-16-9-4-8(14)2-3-10(9)19-13/h2-5H,6H2,1H3,(H,15,17,18). The summed E-state index contributed by atoms with van der Waals surface area (Å²) in [5.41, 5.74) is 2.22. The lowest BCUT2D eigenvalue weighted by Crippen LogP contribution is -2.13. The zero-order valence-electron chi connectivity index (χ0n) is 10.9. The fourth-order valence-electron chi connectivity index (χ4n) is 1.64. The summed E-state index contributed by atoms with van der Waals surface area (Å²) in [4.78, 5) is 20.3. The molecular weight excluding hydrogens is 330 g/mol. The van der Waals surface area contributed by atoms with Crippen molar-refractivity contribution in [3.8, 4) is 0 Å². The first-order valence-corrected chi connectivity index (χ1v) is 8.25. The highest BCUT2D eigenvalue weighted by molar-refractivity contribution is 7.99. The van der Waals surface area contributed by atoms with E-state index in [0.29, 0.717) is 26.5 Å². The van der Waals surface area contributed by atoms with Crippen molar-refractivity contribution in [2.24, 2.45) is 0 Å². The number of amides is 1. The van der Waals surface area contributed by atoms with Gasteiger partial charge in [-0.05, 0) is 25.1 Å². The average Bonchev–Trinajstić information content (AvgIpc) is 3.02. The van der Waals surface area contributed by atoms with E-state index >= 15 is 0 Å². The molecule has 0 radical (unpaired) electrons. The van der Waals surface area contributed by atoms with Crippen LogP contribution in [-0.4, -0.2) is 21.6 Å². The second-order valence-electron chi connectivity index (χ2n) is 4.22. The van der Waals surface area contributed by atoms with Gasteiger partial charge >= 0.3 is 0 Å². The highest BCUT2D eigenvalue weighted by atomic mass is 35.5. The summed E-state index contributed by atoms with van der Waals surface area (Å²) in [6, 6.07) is 5.22. The Morgan fingerprint density at radius 1 is 1.48 bits per heavy atom. The molecule has 0 saturated heterocycles. The third kappa shape index (κ3) is 3.55. The molecule has 0 atom stereocenters. The molecule has 1 N–H and O–H groups in total. The van der Waals surface area contributed by atoms with Gasteiger partial charge in [-0.3, -0.25) is 4.79 Å². The van der Waals surface area contributed by atoms with E-state index in [1.165, 1.54) is 23.1 Å². The van der Waals surface area contributed by atoms with Gasteiger partial charge in [-0.2, -0.15) is 0 Å². The van der Waals surface area contributed by atoms with Crippen LogP contribution in [0, 0.1) is 6.92 Å². The predicted octanol–water partition coefficient (Wildman–Crippen LogP) is 3.98. The number of halogens is 1. The van der Waals surface area contributed by atoms with Crippen molar-refractivity contribution >= 4 is 56.8 Å². The molecule has 0 aliphatic carbocycles. The van der Waals surface area contributed by atoms with Gasteiger partial charge in [0.2, 0.25) is 5.91 Å². The number of hydrogen-bond donors (Lipinski definition) is 1. The van der Waals surface area contributed by atoms with Gasteiger partial charge in [0.05, 0.1) is 11.4 Å². The minimum Gasteiger partial charge on any atom is -0.431 e. The summed E-state index contributed by atoms with van der Waals surface area (Å²) in [6.45, 7) is 1.88. The van der Waals surface area contributed by atoms with Gasteiger partial charge in [-0.25, -0.2) is 9.97 Å². The molecule has 2 heterocycles. The van der Waals surface area contributed by atoms with Crippen LogP contribution in [0.1, 0.15) is 5.69 Å². The van der Waals surface area contributed by atoms with Crippen LogP contribution in [-0.2, 0) is 4.79 Å². The Bertz CT molecular complexity index is 800. The van der Waals surface area contributed by atoms with Crippen LogP contribution < -0.4 is 5.32 Å². The van der Waals surface area contributed by atoms with Crippen molar-refractivity contribution in [2.75, 3.05) is 11.1 Å². The SMILES string of the molecule is Cc1csc(NC(=O)CSc2nc3cc(Cl)ccc3o2)n1. The number of aryl methyl sites for hydroxylation is 1. The molecule has 21 heavy (non-hydrogen) atoms. The molecule has 0 aliphatic rings. The zero-order valence-corrected chi connectivity index (χ0v) is 13.3. The molecule has 3 rings (SSSR count). The number of nitrogens with zero attached hydrogens (tertiary/aromatic N) is 2. The van der Waals surface area contributed by atoms with Crippen molar-refractivity contribution in [2.45, 2.75) is 12.1 Å². The Kier molecular flexibility index (Phi) is 4.14. The summed E-state index contributed by atoms with van der Waals surface area (Å²) >= 11 is 8.52. The third-order valence-corrected chi connectivity index (χ3v) is 4.46. The lowest BCUT2D eigenvalue weighted by atomic mass is 10.3. The quantitative estimate of drug-likeness (QED) is 0.728. The summed E-state index contributed by atoms with van der Waals surface area (Å²) in [6.07, 6.45) is 0. The number of anilines is 1. The highest BCUT2D eigenvalue weighted by Gasteiger charge is 2.11. The molecule has 3 aromatic rings. The van der Waals surface area contributed by atoms with Crippen LogP contribution in [0.5, 0.6) is 0 Å². The molecule has 1 aromatic carbocycles. The van der Waals surface area contributed by atoms with Crippen LogP contribution in [0.2, 0.25) is 5.02 Å². The smallest absolute Gasteiger partial charge is 0.257 e. The van der Waals surface area contributed by atoms with Gasteiger partial charge in [0, 0.05) is 10.4 Å². The molecule has 0 aliphatic heterocycles. The van der Waals surface area contributed by atoms with E-state index in [-0.39, 0.29) is 11.7 Å². The monoisotopic (exact) mass is 339 g/mol. The van der Waals surface area contributed by atoms with E-state index in [2.05, 4.69) is 15.3 Å². The lowest BCUT2D eigenvalue weighted by molar-refractivity contribution is -0.113. The van der Waals surface area contributed by atoms with Crippen LogP contribution in [0.4, 0.5) is 5.13 Å². The Morgan fingerprint density at radius 3 is 3.10 bits per heavy atom. The van der Waals surface area contributed by atoms with E-state index in [9.17, 15) is 4.79 Å². The van der Waals surface area contributed by atoms with Gasteiger partial charge < -0.3 is 9.73 Å². The van der Waals surface area contributed by atoms with Gasteiger partial charge in [-0.15, -0.1) is 11.3 Å². The summed E-state index contributed by atoms with van der Waals surface area (Å²) in [5.74, 6) is 0.0637. The number of rotatable bonds is 4. The highest BCUT2D eigenvalue weighted by Crippen LogP contribution is 2.25. The molecule has 0 saturated carbocycles. The van der Waals surface area contributed by atoms with E-state index < -0.39 is 0 Å². The first-order valence-electron chi connectivity index (χ1n) is 6.01. The van der Waals surface area contributed by atoms with E-state index in [1.807, 2.05) is 12.3 Å². The molecule has 0 unspecified atom stereocenters. The first-order chi connectivity index (χ1) is 10.1. The number of carbonyl (C=O) groups excluding carboxylic acids is 1. The number of aromatic nitrogens is 2. The maximum Gasteiger partial charge on any atom is 0.257 e. The van der Waals surface area contributed by atoms with Crippen molar-refractivity contribution in [1.29, 1.82) is 0 Å². The molecule has 5 nitrogen and oxygen atoms in total. The van der Waals surface area contributed by atoms with E-state index in [0.717, 1.165) is 5.69 Å². The molecule has 108 valence electrons. The minimum atomic E-state index is -0.144. The Balaban J connectivity index is 1.61. The van der Waals surface area contributed by atoms with E-state index in [4.69, 9.17) is 16.0 Å². The summed E-state index contributed by atoms with van der Waals surface area (Å²) in [7, 11) is 0. The lowest BCUT2D eigenvalue weighted by Gasteiger charge is -1.98. The van der Waals surface area contributed by atoms with Crippen molar-refractivity contribution in [3.63, 3.8) is 0 Å². The van der Waals surface area contributed by atoms with Gasteiger partial charge in [0.15, 0.2) is 10.7 Å². The topological polar surface area (TPSA) is 68.0 Å². The molecule has 0 fully saturated rings. The van der Waals surface area contributed by atoms with Crippen LogP contribution in [0.15, 0.2) is 33.2 Å². The molecule has 8 heteroatoms. The maximum absolute atomic E-state index is 11.8.